The molecular weight excluding hydrogens is 238 g/mol. The van der Waals surface area contributed by atoms with Crippen LogP contribution in [0.25, 0.3) is 0 Å². The van der Waals surface area contributed by atoms with Crippen molar-refractivity contribution in [2.24, 2.45) is 10.7 Å². The standard InChI is InChI=1S/C11H23N3O2S/c1-11(2,17(3,15)16)8-13-10(12)14-9-6-4-5-7-9/h9H,4-8H2,1-3H3,(H3,12,13,14). The summed E-state index contributed by atoms with van der Waals surface area (Å²) < 4.78 is 22.1. The van der Waals surface area contributed by atoms with Crippen molar-refractivity contribution in [3.63, 3.8) is 0 Å². The van der Waals surface area contributed by atoms with E-state index >= 15 is 0 Å². The Morgan fingerprint density at radius 1 is 1.41 bits per heavy atom. The molecule has 100 valence electrons. The summed E-state index contributed by atoms with van der Waals surface area (Å²) >= 11 is 0. The zero-order valence-corrected chi connectivity index (χ0v) is 11.7. The van der Waals surface area contributed by atoms with Crippen molar-refractivity contribution in [2.75, 3.05) is 12.8 Å². The summed E-state index contributed by atoms with van der Waals surface area (Å²) in [5, 5.41) is 3.14. The maximum Gasteiger partial charge on any atom is 0.188 e. The summed E-state index contributed by atoms with van der Waals surface area (Å²) in [7, 11) is -3.12. The van der Waals surface area contributed by atoms with Crippen LogP contribution in [0.1, 0.15) is 39.5 Å². The lowest BCUT2D eigenvalue weighted by atomic mass is 10.2. The molecule has 0 heterocycles. The first-order valence-corrected chi connectivity index (χ1v) is 7.87. The Hall–Kier alpha value is -0.780. The molecule has 0 radical (unpaired) electrons. The first-order chi connectivity index (χ1) is 7.72. The monoisotopic (exact) mass is 261 g/mol. The highest BCUT2D eigenvalue weighted by Gasteiger charge is 2.29. The molecule has 0 aromatic rings. The fourth-order valence-electron chi connectivity index (χ4n) is 1.72. The number of nitrogens with zero attached hydrogens (tertiary/aromatic N) is 1. The maximum atomic E-state index is 11.5. The Kier molecular flexibility index (Phi) is 4.41. The van der Waals surface area contributed by atoms with Gasteiger partial charge >= 0.3 is 0 Å². The molecule has 0 spiro atoms. The Balaban J connectivity index is 2.52. The molecule has 0 aromatic carbocycles. The van der Waals surface area contributed by atoms with E-state index in [1.807, 2.05) is 0 Å². The predicted molar refractivity (Wildman–Crippen MR) is 70.8 cm³/mol. The zero-order valence-electron chi connectivity index (χ0n) is 10.9. The average molecular weight is 261 g/mol. The number of rotatable bonds is 4. The van der Waals surface area contributed by atoms with Crippen LogP contribution in [0, 0.1) is 0 Å². The molecule has 0 aliphatic heterocycles. The van der Waals surface area contributed by atoms with Crippen molar-refractivity contribution in [3.05, 3.63) is 0 Å². The molecule has 6 heteroatoms. The van der Waals surface area contributed by atoms with Gasteiger partial charge in [-0.2, -0.15) is 0 Å². The summed E-state index contributed by atoms with van der Waals surface area (Å²) in [6.45, 7) is 3.51. The third-order valence-corrected chi connectivity index (χ3v) is 5.48. The summed E-state index contributed by atoms with van der Waals surface area (Å²) in [6.07, 6.45) is 5.90. The van der Waals surface area contributed by atoms with Gasteiger partial charge in [-0.05, 0) is 26.7 Å². The van der Waals surface area contributed by atoms with Crippen molar-refractivity contribution in [1.82, 2.24) is 5.32 Å². The quantitative estimate of drug-likeness (QED) is 0.575. The highest BCUT2D eigenvalue weighted by molar-refractivity contribution is 7.92. The molecule has 17 heavy (non-hydrogen) atoms. The minimum absolute atomic E-state index is 0.192. The van der Waals surface area contributed by atoms with E-state index in [-0.39, 0.29) is 6.54 Å². The molecule has 0 bridgehead atoms. The van der Waals surface area contributed by atoms with Crippen molar-refractivity contribution in [3.8, 4) is 0 Å². The largest absolute Gasteiger partial charge is 0.370 e. The van der Waals surface area contributed by atoms with E-state index < -0.39 is 14.6 Å². The number of nitrogens with one attached hydrogen (secondary N) is 1. The van der Waals surface area contributed by atoms with E-state index in [4.69, 9.17) is 5.73 Å². The normalized spacial score (nSPS) is 19.6. The molecular formula is C11H23N3O2S. The van der Waals surface area contributed by atoms with Gasteiger partial charge in [0.15, 0.2) is 15.8 Å². The molecule has 0 atom stereocenters. The van der Waals surface area contributed by atoms with Crippen molar-refractivity contribution >= 4 is 15.8 Å². The van der Waals surface area contributed by atoms with Crippen LogP contribution in [0.5, 0.6) is 0 Å². The van der Waals surface area contributed by atoms with Crippen LogP contribution in [0.4, 0.5) is 0 Å². The second kappa shape index (κ2) is 5.25. The highest BCUT2D eigenvalue weighted by atomic mass is 32.2. The molecule has 1 aliphatic rings. The molecule has 0 unspecified atom stereocenters. The molecule has 1 fully saturated rings. The lowest BCUT2D eigenvalue weighted by Crippen LogP contribution is -2.41. The fraction of sp³-hybridized carbons (Fsp3) is 0.909. The van der Waals surface area contributed by atoms with Crippen LogP contribution in [-0.4, -0.2) is 38.0 Å². The van der Waals surface area contributed by atoms with Gasteiger partial charge in [-0.3, -0.25) is 4.99 Å². The van der Waals surface area contributed by atoms with E-state index in [0.29, 0.717) is 12.0 Å². The smallest absolute Gasteiger partial charge is 0.188 e. The van der Waals surface area contributed by atoms with Gasteiger partial charge in [-0.15, -0.1) is 0 Å². The molecule has 1 rings (SSSR count). The molecule has 0 saturated heterocycles. The van der Waals surface area contributed by atoms with Crippen molar-refractivity contribution in [1.29, 1.82) is 0 Å². The van der Waals surface area contributed by atoms with Gasteiger partial charge in [0.25, 0.3) is 0 Å². The van der Waals surface area contributed by atoms with Crippen LogP contribution >= 0.6 is 0 Å². The number of hydrogen-bond acceptors (Lipinski definition) is 3. The summed E-state index contributed by atoms with van der Waals surface area (Å²) in [4.78, 5) is 4.13. The molecule has 0 aromatic heterocycles. The van der Waals surface area contributed by atoms with Gasteiger partial charge in [-0.1, -0.05) is 12.8 Å². The van der Waals surface area contributed by atoms with Crippen LogP contribution in [0.2, 0.25) is 0 Å². The van der Waals surface area contributed by atoms with Crippen LogP contribution in [-0.2, 0) is 9.84 Å². The van der Waals surface area contributed by atoms with E-state index in [2.05, 4.69) is 10.3 Å². The molecule has 3 N–H and O–H groups in total. The van der Waals surface area contributed by atoms with Crippen LogP contribution in [0.3, 0.4) is 0 Å². The maximum absolute atomic E-state index is 11.5. The Morgan fingerprint density at radius 3 is 2.41 bits per heavy atom. The van der Waals surface area contributed by atoms with Crippen molar-refractivity contribution in [2.45, 2.75) is 50.3 Å². The van der Waals surface area contributed by atoms with Gasteiger partial charge in [0, 0.05) is 12.3 Å². The number of nitrogens with two attached hydrogens (primary N) is 1. The second-order valence-corrected chi connectivity index (χ2v) is 8.01. The van der Waals surface area contributed by atoms with E-state index in [0.717, 1.165) is 12.8 Å². The average Bonchev–Trinajstić information content (AvgIpc) is 2.66. The van der Waals surface area contributed by atoms with E-state index in [1.165, 1.54) is 19.1 Å². The zero-order chi connectivity index (χ0) is 13.1. The Bertz CT molecular complexity index is 382. The van der Waals surface area contributed by atoms with Gasteiger partial charge in [0.1, 0.15) is 0 Å². The number of aliphatic imine (C=N–C) groups is 1. The van der Waals surface area contributed by atoms with Gasteiger partial charge in [0.05, 0.1) is 11.3 Å². The minimum Gasteiger partial charge on any atom is -0.370 e. The Labute approximate surface area is 104 Å². The lowest BCUT2D eigenvalue weighted by molar-refractivity contribution is 0.554. The van der Waals surface area contributed by atoms with Gasteiger partial charge in [-0.25, -0.2) is 8.42 Å². The van der Waals surface area contributed by atoms with E-state index in [1.54, 1.807) is 13.8 Å². The van der Waals surface area contributed by atoms with Crippen LogP contribution < -0.4 is 11.1 Å². The predicted octanol–water partition coefficient (Wildman–Crippen LogP) is 0.657. The van der Waals surface area contributed by atoms with Gasteiger partial charge in [0.2, 0.25) is 0 Å². The molecule has 5 nitrogen and oxygen atoms in total. The SMILES string of the molecule is CC(C)(CN=C(N)NC1CCCC1)S(C)(=O)=O. The summed E-state index contributed by atoms with van der Waals surface area (Å²) in [5.74, 6) is 0.355. The molecule has 0 amide bonds. The topological polar surface area (TPSA) is 84.5 Å². The van der Waals surface area contributed by atoms with Crippen molar-refractivity contribution < 1.29 is 8.42 Å². The first kappa shape index (κ1) is 14.3. The number of guanidine groups is 1. The fourth-order valence-corrected chi connectivity index (χ4v) is 2.02. The highest BCUT2D eigenvalue weighted by Crippen LogP contribution is 2.18. The number of hydrogen-bond donors (Lipinski definition) is 2. The summed E-state index contributed by atoms with van der Waals surface area (Å²) in [6, 6.07) is 0.403. The van der Waals surface area contributed by atoms with Crippen LogP contribution in [0.15, 0.2) is 4.99 Å². The number of sulfone groups is 1. The lowest BCUT2D eigenvalue weighted by Gasteiger charge is -2.20. The first-order valence-electron chi connectivity index (χ1n) is 5.98. The second-order valence-electron chi connectivity index (χ2n) is 5.36. The summed E-state index contributed by atoms with van der Waals surface area (Å²) in [5.41, 5.74) is 5.75. The molecule has 1 aliphatic carbocycles. The Morgan fingerprint density at radius 2 is 1.94 bits per heavy atom. The third kappa shape index (κ3) is 4.18. The molecule has 1 saturated carbocycles. The van der Waals surface area contributed by atoms with Gasteiger partial charge < -0.3 is 11.1 Å². The third-order valence-electron chi connectivity index (χ3n) is 3.34. The minimum atomic E-state index is -3.12. The van der Waals surface area contributed by atoms with E-state index in [9.17, 15) is 8.42 Å².